The zero-order chi connectivity index (χ0) is 20.1. The van der Waals surface area contributed by atoms with Crippen molar-refractivity contribution in [1.82, 2.24) is 10.7 Å². The molecule has 1 saturated heterocycles. The van der Waals surface area contributed by atoms with Gasteiger partial charge in [-0.15, -0.1) is 0 Å². The van der Waals surface area contributed by atoms with Crippen molar-refractivity contribution < 1.29 is 29.8 Å². The molecule has 1 aromatic carbocycles. The summed E-state index contributed by atoms with van der Waals surface area (Å²) in [4.78, 5) is 21.3. The lowest BCUT2D eigenvalue weighted by molar-refractivity contribution is -0.384. The fraction of sp³-hybridized carbons (Fsp3) is 0.357. The third-order valence-electron chi connectivity index (χ3n) is 3.65. The van der Waals surface area contributed by atoms with Gasteiger partial charge in [-0.2, -0.15) is 5.10 Å². The highest BCUT2D eigenvalue weighted by molar-refractivity contribution is 7.80. The average Bonchev–Trinajstić information content (AvgIpc) is 2.62. The molecule has 0 aliphatic carbocycles. The molecule has 12 nitrogen and oxygen atoms in total. The number of nitrogens with one attached hydrogen (secondary N) is 2. The van der Waals surface area contributed by atoms with Crippen LogP contribution in [0.25, 0.3) is 0 Å². The van der Waals surface area contributed by atoms with E-state index in [0.29, 0.717) is 5.56 Å². The zero-order valence-electron chi connectivity index (χ0n) is 13.6. The van der Waals surface area contributed by atoms with Crippen LogP contribution < -0.4 is 16.5 Å². The van der Waals surface area contributed by atoms with E-state index in [9.17, 15) is 30.2 Å². The number of ether oxygens (including phenoxy) is 1. The van der Waals surface area contributed by atoms with Crippen molar-refractivity contribution in [2.45, 2.75) is 30.6 Å². The van der Waals surface area contributed by atoms with E-state index >= 15 is 0 Å². The highest BCUT2D eigenvalue weighted by Gasteiger charge is 2.46. The molecule has 5 atom stereocenters. The molecule has 1 heterocycles. The van der Waals surface area contributed by atoms with Gasteiger partial charge in [0, 0.05) is 12.1 Å². The Balaban J connectivity index is 1.92. The Morgan fingerprint density at radius 3 is 2.44 bits per heavy atom. The first-order chi connectivity index (χ1) is 12.7. The third kappa shape index (κ3) is 5.15. The number of rotatable bonds is 5. The Morgan fingerprint density at radius 1 is 1.26 bits per heavy atom. The van der Waals surface area contributed by atoms with Gasteiger partial charge in [0.25, 0.3) is 5.69 Å². The lowest BCUT2D eigenvalue weighted by atomic mass is 9.98. The fourth-order valence-corrected chi connectivity index (χ4v) is 2.41. The van der Waals surface area contributed by atoms with Gasteiger partial charge in [0.1, 0.15) is 18.3 Å². The summed E-state index contributed by atoms with van der Waals surface area (Å²) in [7, 11) is 0. The first-order valence-corrected chi connectivity index (χ1v) is 7.94. The second-order valence-corrected chi connectivity index (χ2v) is 5.95. The van der Waals surface area contributed by atoms with Crippen molar-refractivity contribution in [3.63, 3.8) is 0 Å². The number of aliphatic hydroxyl groups excluding tert-OH is 3. The Labute approximate surface area is 157 Å². The van der Waals surface area contributed by atoms with Crippen LogP contribution in [0.3, 0.4) is 0 Å². The van der Waals surface area contributed by atoms with Crippen LogP contribution in [0.15, 0.2) is 29.4 Å². The largest absolute Gasteiger partial charge is 0.387 e. The molecule has 27 heavy (non-hydrogen) atoms. The molecule has 0 bridgehead atoms. The number of nitro groups is 1. The molecule has 0 radical (unpaired) electrons. The highest BCUT2D eigenvalue weighted by atomic mass is 32.1. The van der Waals surface area contributed by atoms with E-state index in [0.717, 1.165) is 0 Å². The molecule has 7 N–H and O–H groups in total. The van der Waals surface area contributed by atoms with Crippen LogP contribution in [0.1, 0.15) is 5.56 Å². The van der Waals surface area contributed by atoms with Crippen molar-refractivity contribution >= 4 is 35.1 Å². The van der Waals surface area contributed by atoms with E-state index < -0.39 is 41.5 Å². The number of carbonyl (C=O) groups is 1. The number of amides is 1. The monoisotopic (exact) mass is 399 g/mol. The maximum Gasteiger partial charge on any atom is 0.269 e. The van der Waals surface area contributed by atoms with Gasteiger partial charge in [0.15, 0.2) is 17.4 Å². The normalized spacial score (nSPS) is 27.9. The molecule has 0 aromatic heterocycles. The first-order valence-electron chi connectivity index (χ1n) is 7.53. The molecule has 2 rings (SSSR count). The van der Waals surface area contributed by atoms with Gasteiger partial charge in [0.05, 0.1) is 11.1 Å². The third-order valence-corrected chi connectivity index (χ3v) is 3.86. The van der Waals surface area contributed by atoms with Crippen LogP contribution in [0, 0.1) is 10.1 Å². The molecule has 0 spiro atoms. The maximum atomic E-state index is 11.2. The van der Waals surface area contributed by atoms with E-state index in [1.54, 1.807) is 0 Å². The number of benzene rings is 1. The van der Waals surface area contributed by atoms with Gasteiger partial charge in [-0.1, -0.05) is 0 Å². The van der Waals surface area contributed by atoms with Crippen LogP contribution in [-0.2, 0) is 9.53 Å². The Hall–Kier alpha value is -2.71. The fourth-order valence-electron chi connectivity index (χ4n) is 2.24. The van der Waals surface area contributed by atoms with Crippen molar-refractivity contribution in [3.05, 3.63) is 39.9 Å². The number of nitrogens with two attached hydrogens (primary N) is 1. The molecule has 1 aliphatic heterocycles. The summed E-state index contributed by atoms with van der Waals surface area (Å²) in [5.74, 6) is -1.02. The Morgan fingerprint density at radius 2 is 1.89 bits per heavy atom. The highest BCUT2D eigenvalue weighted by Crippen LogP contribution is 2.19. The Kier molecular flexibility index (Phi) is 6.70. The summed E-state index contributed by atoms with van der Waals surface area (Å²) in [6.07, 6.45) is -6.48. The molecule has 0 unspecified atom stereocenters. The minimum atomic E-state index is -1.68. The number of primary amides is 1. The van der Waals surface area contributed by atoms with Crippen molar-refractivity contribution in [2.75, 3.05) is 0 Å². The van der Waals surface area contributed by atoms with Crippen molar-refractivity contribution in [1.29, 1.82) is 0 Å². The zero-order valence-corrected chi connectivity index (χ0v) is 14.4. The summed E-state index contributed by atoms with van der Waals surface area (Å²) >= 11 is 4.95. The van der Waals surface area contributed by atoms with Crippen LogP contribution in [0.2, 0.25) is 0 Å². The summed E-state index contributed by atoms with van der Waals surface area (Å²) in [5, 5.41) is 46.1. The average molecular weight is 399 g/mol. The summed E-state index contributed by atoms with van der Waals surface area (Å²) in [5.41, 5.74) is 7.97. The summed E-state index contributed by atoms with van der Waals surface area (Å²) < 4.78 is 5.12. The number of hydrogen-bond donors (Lipinski definition) is 6. The van der Waals surface area contributed by atoms with Gasteiger partial charge in [0.2, 0.25) is 5.91 Å². The number of carbonyl (C=O) groups excluding carboxylic acids is 1. The predicted octanol–water partition coefficient (Wildman–Crippen LogP) is -2.31. The second kappa shape index (κ2) is 8.79. The predicted molar refractivity (Wildman–Crippen MR) is 95.4 cm³/mol. The van der Waals surface area contributed by atoms with Gasteiger partial charge in [-0.3, -0.25) is 20.3 Å². The number of non-ortho nitro benzene ring substituents is 1. The second-order valence-electron chi connectivity index (χ2n) is 5.54. The number of nitrogens with zero attached hydrogens (tertiary/aromatic N) is 2. The smallest absolute Gasteiger partial charge is 0.269 e. The molecular formula is C14H17N5O7S. The maximum absolute atomic E-state index is 11.2. The van der Waals surface area contributed by atoms with E-state index in [-0.39, 0.29) is 10.8 Å². The van der Waals surface area contributed by atoms with Gasteiger partial charge >= 0.3 is 0 Å². The van der Waals surface area contributed by atoms with E-state index in [1.807, 2.05) is 0 Å². The number of hydrogen-bond acceptors (Lipinski definition) is 9. The number of nitro benzene ring substituents is 1. The number of thiocarbonyl (C=S) groups is 1. The molecule has 1 aliphatic rings. The molecule has 0 saturated carbocycles. The number of hydrazone groups is 1. The SMILES string of the molecule is NC(=O)[C@H]1O[C@@H](NC(=S)N/N=C/c2ccc([N+](=O)[O-])cc2)[C@H](O)[C@@H](O)[C@@H]1O. The first kappa shape index (κ1) is 20.6. The van der Waals surface area contributed by atoms with Crippen LogP contribution >= 0.6 is 12.2 Å². The van der Waals surface area contributed by atoms with Crippen molar-refractivity contribution in [3.8, 4) is 0 Å². The lowest BCUT2D eigenvalue weighted by Crippen LogP contribution is -2.65. The quantitative estimate of drug-likeness (QED) is 0.136. The summed E-state index contributed by atoms with van der Waals surface area (Å²) in [6.45, 7) is 0. The molecular weight excluding hydrogens is 382 g/mol. The molecule has 146 valence electrons. The minimum absolute atomic E-state index is 0.0644. The van der Waals surface area contributed by atoms with E-state index in [2.05, 4.69) is 15.8 Å². The summed E-state index contributed by atoms with van der Waals surface area (Å²) in [6, 6.07) is 5.56. The minimum Gasteiger partial charge on any atom is -0.387 e. The molecule has 13 heteroatoms. The number of aliphatic hydroxyl groups is 3. The topological polar surface area (TPSA) is 193 Å². The van der Waals surface area contributed by atoms with Crippen LogP contribution in [0.5, 0.6) is 0 Å². The van der Waals surface area contributed by atoms with E-state index in [1.165, 1.54) is 30.5 Å². The van der Waals surface area contributed by atoms with Gasteiger partial charge < -0.3 is 31.1 Å². The van der Waals surface area contributed by atoms with Gasteiger partial charge in [-0.25, -0.2) is 0 Å². The van der Waals surface area contributed by atoms with Crippen LogP contribution in [0.4, 0.5) is 5.69 Å². The van der Waals surface area contributed by atoms with Crippen molar-refractivity contribution in [2.24, 2.45) is 10.8 Å². The Bertz CT molecular complexity index is 744. The molecule has 1 amide bonds. The molecule has 1 fully saturated rings. The van der Waals surface area contributed by atoms with E-state index in [4.69, 9.17) is 22.7 Å². The standard InChI is InChI=1S/C14H17N5O7S/c15-12(23)11-9(21)8(20)10(22)13(26-11)17-14(27)18-16-5-6-1-3-7(4-2-6)19(24)25/h1-5,8-11,13,20-22H,(H2,15,23)(H2,17,18,27)/b16-5+/t8-,9-,10+,11-,13+/m0/s1. The van der Waals surface area contributed by atoms with Crippen LogP contribution in [-0.4, -0.2) is 68.1 Å². The molecule has 1 aromatic rings. The lowest BCUT2D eigenvalue weighted by Gasteiger charge is -2.39. The van der Waals surface area contributed by atoms with Gasteiger partial charge in [-0.05, 0) is 29.9 Å².